The van der Waals surface area contributed by atoms with Gasteiger partial charge < -0.3 is 19.3 Å². The molecule has 0 aliphatic carbocycles. The van der Waals surface area contributed by atoms with E-state index in [0.29, 0.717) is 18.0 Å². The van der Waals surface area contributed by atoms with Crippen LogP contribution in [0.15, 0.2) is 28.8 Å². The second-order valence-electron chi connectivity index (χ2n) is 4.20. The van der Waals surface area contributed by atoms with Gasteiger partial charge in [0.15, 0.2) is 11.5 Å². The third-order valence-electron chi connectivity index (χ3n) is 2.74. The van der Waals surface area contributed by atoms with Crippen molar-refractivity contribution in [1.29, 1.82) is 0 Å². The zero-order valence-corrected chi connectivity index (χ0v) is 10.3. The van der Waals surface area contributed by atoms with Gasteiger partial charge in [0.05, 0.1) is 5.69 Å². The Hall–Kier alpha value is -2.50. The monoisotopic (exact) mass is 260 g/mol. The molecule has 6 nitrogen and oxygen atoms in total. The molecule has 1 aromatic heterocycles. The molecule has 98 valence electrons. The van der Waals surface area contributed by atoms with Crippen LogP contribution < -0.4 is 14.8 Å². The quantitative estimate of drug-likeness (QED) is 0.908. The average molecular weight is 260 g/mol. The zero-order chi connectivity index (χ0) is 13.2. The molecule has 2 heterocycles. The van der Waals surface area contributed by atoms with Crippen LogP contribution in [-0.2, 0) is 6.54 Å². The lowest BCUT2D eigenvalue weighted by Crippen LogP contribution is -2.22. The molecule has 1 aliphatic heterocycles. The highest BCUT2D eigenvalue weighted by Crippen LogP contribution is 2.32. The van der Waals surface area contributed by atoms with Crippen molar-refractivity contribution in [2.24, 2.45) is 0 Å². The molecular formula is C13H12N2O4. The number of carbonyl (C=O) groups is 1. The van der Waals surface area contributed by atoms with E-state index in [9.17, 15) is 4.79 Å². The molecule has 1 aliphatic rings. The molecule has 0 bridgehead atoms. The Morgan fingerprint density at radius 1 is 1.32 bits per heavy atom. The van der Waals surface area contributed by atoms with Crippen molar-refractivity contribution in [2.45, 2.75) is 13.5 Å². The molecular weight excluding hydrogens is 248 g/mol. The first-order valence-corrected chi connectivity index (χ1v) is 5.82. The van der Waals surface area contributed by atoms with Crippen molar-refractivity contribution < 1.29 is 18.8 Å². The maximum Gasteiger partial charge on any atom is 0.290 e. The lowest BCUT2D eigenvalue weighted by atomic mass is 10.2. The Balaban J connectivity index is 1.64. The maximum atomic E-state index is 11.8. The van der Waals surface area contributed by atoms with E-state index in [2.05, 4.69) is 10.5 Å². The van der Waals surface area contributed by atoms with Crippen LogP contribution in [0.5, 0.6) is 11.5 Å². The number of hydrogen-bond acceptors (Lipinski definition) is 5. The third kappa shape index (κ3) is 2.37. The highest BCUT2D eigenvalue weighted by Gasteiger charge is 2.14. The average Bonchev–Trinajstić information content (AvgIpc) is 3.03. The van der Waals surface area contributed by atoms with Crippen LogP contribution in [0.4, 0.5) is 0 Å². The molecule has 1 aromatic carbocycles. The van der Waals surface area contributed by atoms with Crippen LogP contribution in [0.2, 0.25) is 0 Å². The van der Waals surface area contributed by atoms with Gasteiger partial charge in [-0.2, -0.15) is 0 Å². The molecule has 2 aromatic rings. The lowest BCUT2D eigenvalue weighted by Gasteiger charge is -2.04. The van der Waals surface area contributed by atoms with Gasteiger partial charge in [-0.05, 0) is 24.6 Å². The summed E-state index contributed by atoms with van der Waals surface area (Å²) in [6, 6.07) is 7.13. The summed E-state index contributed by atoms with van der Waals surface area (Å²) in [5, 5.41) is 6.42. The fraction of sp³-hybridized carbons (Fsp3) is 0.231. The van der Waals surface area contributed by atoms with Crippen LogP contribution in [0, 0.1) is 6.92 Å². The maximum absolute atomic E-state index is 11.8. The fourth-order valence-electron chi connectivity index (χ4n) is 1.79. The van der Waals surface area contributed by atoms with Crippen LogP contribution in [0.25, 0.3) is 0 Å². The van der Waals surface area contributed by atoms with Crippen LogP contribution in [-0.4, -0.2) is 17.9 Å². The molecule has 0 saturated carbocycles. The summed E-state index contributed by atoms with van der Waals surface area (Å²) >= 11 is 0. The summed E-state index contributed by atoms with van der Waals surface area (Å²) in [5.74, 6) is 1.33. The molecule has 0 spiro atoms. The molecule has 0 radical (unpaired) electrons. The Morgan fingerprint density at radius 2 is 2.16 bits per heavy atom. The SMILES string of the molecule is Cc1cc(C(=O)NCc2ccc3c(c2)OCO3)on1. The molecule has 6 heteroatoms. The number of rotatable bonds is 3. The van der Waals surface area contributed by atoms with Crippen molar-refractivity contribution in [3.8, 4) is 11.5 Å². The number of aromatic nitrogens is 1. The van der Waals surface area contributed by atoms with E-state index < -0.39 is 0 Å². The smallest absolute Gasteiger partial charge is 0.290 e. The van der Waals surface area contributed by atoms with Gasteiger partial charge in [-0.25, -0.2) is 0 Å². The Labute approximate surface area is 109 Å². The number of nitrogens with one attached hydrogen (secondary N) is 1. The zero-order valence-electron chi connectivity index (χ0n) is 10.3. The van der Waals surface area contributed by atoms with Crippen molar-refractivity contribution in [1.82, 2.24) is 10.5 Å². The van der Waals surface area contributed by atoms with E-state index in [4.69, 9.17) is 14.0 Å². The number of amides is 1. The van der Waals surface area contributed by atoms with Gasteiger partial charge in [-0.3, -0.25) is 4.79 Å². The fourth-order valence-corrected chi connectivity index (χ4v) is 1.79. The molecule has 0 fully saturated rings. The topological polar surface area (TPSA) is 73.6 Å². The minimum Gasteiger partial charge on any atom is -0.454 e. The van der Waals surface area contributed by atoms with Crippen molar-refractivity contribution in [2.75, 3.05) is 6.79 Å². The van der Waals surface area contributed by atoms with Gasteiger partial charge >= 0.3 is 0 Å². The second-order valence-corrected chi connectivity index (χ2v) is 4.20. The molecule has 0 unspecified atom stereocenters. The van der Waals surface area contributed by atoms with Crippen molar-refractivity contribution in [3.05, 3.63) is 41.3 Å². The number of ether oxygens (including phenoxy) is 2. The summed E-state index contributed by atoms with van der Waals surface area (Å²) in [6.07, 6.45) is 0. The van der Waals surface area contributed by atoms with Gasteiger partial charge in [0.25, 0.3) is 5.91 Å². The predicted molar refractivity (Wildman–Crippen MR) is 65.0 cm³/mol. The minimum atomic E-state index is -0.293. The summed E-state index contributed by atoms with van der Waals surface area (Å²) in [6.45, 7) is 2.38. The first-order valence-electron chi connectivity index (χ1n) is 5.82. The van der Waals surface area contributed by atoms with E-state index in [0.717, 1.165) is 11.3 Å². The molecule has 1 amide bonds. The van der Waals surface area contributed by atoms with Gasteiger partial charge in [-0.15, -0.1) is 0 Å². The van der Waals surface area contributed by atoms with Crippen LogP contribution >= 0.6 is 0 Å². The molecule has 0 atom stereocenters. The number of fused-ring (bicyclic) bond motifs is 1. The highest BCUT2D eigenvalue weighted by molar-refractivity contribution is 5.91. The second kappa shape index (κ2) is 4.64. The van der Waals surface area contributed by atoms with Crippen LogP contribution in [0.3, 0.4) is 0 Å². The highest BCUT2D eigenvalue weighted by atomic mass is 16.7. The molecule has 0 saturated heterocycles. The lowest BCUT2D eigenvalue weighted by molar-refractivity contribution is 0.0914. The molecule has 19 heavy (non-hydrogen) atoms. The van der Waals surface area contributed by atoms with Gasteiger partial charge in [-0.1, -0.05) is 11.2 Å². The largest absolute Gasteiger partial charge is 0.454 e. The summed E-state index contributed by atoms with van der Waals surface area (Å²) in [7, 11) is 0. The first kappa shape index (κ1) is 11.6. The van der Waals surface area contributed by atoms with E-state index in [1.54, 1.807) is 13.0 Å². The molecule has 1 N–H and O–H groups in total. The Kier molecular flexibility index (Phi) is 2.83. The van der Waals surface area contributed by atoms with Gasteiger partial charge in [0.2, 0.25) is 12.6 Å². The predicted octanol–water partition coefficient (Wildman–Crippen LogP) is 1.64. The Bertz CT molecular complexity index is 621. The number of carbonyl (C=O) groups excluding carboxylic acids is 1. The number of nitrogens with zero attached hydrogens (tertiary/aromatic N) is 1. The Morgan fingerprint density at radius 3 is 2.95 bits per heavy atom. The standard InChI is InChI=1S/C13H12N2O4/c1-8-4-12(19-15-8)13(16)14-6-9-2-3-10-11(5-9)18-7-17-10/h2-5H,6-7H2,1H3,(H,14,16). The molecule has 3 rings (SSSR count). The van der Waals surface area contributed by atoms with E-state index in [1.165, 1.54) is 0 Å². The first-order chi connectivity index (χ1) is 9.22. The van der Waals surface area contributed by atoms with Crippen LogP contribution in [0.1, 0.15) is 21.8 Å². The summed E-state index contributed by atoms with van der Waals surface area (Å²) < 4.78 is 15.4. The van der Waals surface area contributed by atoms with E-state index in [1.807, 2.05) is 18.2 Å². The van der Waals surface area contributed by atoms with E-state index in [-0.39, 0.29) is 18.5 Å². The van der Waals surface area contributed by atoms with Crippen molar-refractivity contribution in [3.63, 3.8) is 0 Å². The third-order valence-corrected chi connectivity index (χ3v) is 2.74. The number of benzene rings is 1. The number of hydrogen-bond donors (Lipinski definition) is 1. The number of aryl methyl sites for hydroxylation is 1. The minimum absolute atomic E-state index is 0.207. The van der Waals surface area contributed by atoms with E-state index >= 15 is 0 Å². The summed E-state index contributed by atoms with van der Waals surface area (Å²) in [5.41, 5.74) is 1.60. The van der Waals surface area contributed by atoms with Crippen molar-refractivity contribution >= 4 is 5.91 Å². The summed E-state index contributed by atoms with van der Waals surface area (Å²) in [4.78, 5) is 11.8. The van der Waals surface area contributed by atoms with Gasteiger partial charge in [0, 0.05) is 12.6 Å². The normalized spacial score (nSPS) is 12.5. The van der Waals surface area contributed by atoms with Gasteiger partial charge in [0.1, 0.15) is 0 Å².